The molecule has 136 valence electrons. The van der Waals surface area contributed by atoms with Crippen LogP contribution < -0.4 is 10.1 Å². The zero-order valence-electron chi connectivity index (χ0n) is 14.5. The summed E-state index contributed by atoms with van der Waals surface area (Å²) < 4.78 is 6.97. The fourth-order valence-electron chi connectivity index (χ4n) is 2.92. The summed E-state index contributed by atoms with van der Waals surface area (Å²) in [5.74, 6) is -0.103. The van der Waals surface area contributed by atoms with Crippen molar-refractivity contribution in [2.75, 3.05) is 6.54 Å². The van der Waals surface area contributed by atoms with E-state index in [1.807, 2.05) is 36.4 Å². The van der Waals surface area contributed by atoms with Crippen LogP contribution in [0.4, 0.5) is 0 Å². The van der Waals surface area contributed by atoms with Crippen molar-refractivity contribution in [3.05, 3.63) is 77.6 Å². The van der Waals surface area contributed by atoms with Crippen molar-refractivity contribution in [3.63, 3.8) is 0 Å². The molecule has 7 heteroatoms. The molecule has 1 aromatic heterocycles. The van der Waals surface area contributed by atoms with Crippen LogP contribution in [0.1, 0.15) is 34.1 Å². The lowest BCUT2D eigenvalue weighted by Gasteiger charge is -2.06. The third-order valence-corrected chi connectivity index (χ3v) is 4.36. The Kier molecular flexibility index (Phi) is 4.65. The number of carbonyl (C=O) groups excluding carboxylic acids is 2. The van der Waals surface area contributed by atoms with Crippen LogP contribution in [0.15, 0.2) is 60.7 Å². The molecule has 1 aliphatic rings. The fourth-order valence-corrected chi connectivity index (χ4v) is 2.92. The number of rotatable bonds is 5. The Labute approximate surface area is 156 Å². The highest BCUT2D eigenvalue weighted by atomic mass is 16.5. The molecule has 1 N–H and O–H groups in total. The average molecular weight is 362 g/mol. The van der Waals surface area contributed by atoms with Crippen molar-refractivity contribution < 1.29 is 14.3 Å². The van der Waals surface area contributed by atoms with Gasteiger partial charge < -0.3 is 10.1 Å². The molecule has 1 atom stereocenters. The molecule has 1 fully saturated rings. The maximum absolute atomic E-state index is 12.9. The Balaban J connectivity index is 1.63. The number of hydrogen-bond acceptors (Lipinski definition) is 5. The van der Waals surface area contributed by atoms with E-state index in [0.717, 1.165) is 5.56 Å². The first-order valence-electron chi connectivity index (χ1n) is 8.71. The molecule has 1 unspecified atom stereocenters. The third kappa shape index (κ3) is 3.72. The number of aromatic nitrogens is 3. The molecule has 27 heavy (non-hydrogen) atoms. The van der Waals surface area contributed by atoms with Gasteiger partial charge in [-0.05, 0) is 17.7 Å². The standard InChI is InChI=1S/C20H18N4O3/c25-17-11-16(12-21-17)18-22-20(27-13-14-7-3-1-4-8-14)24(23-18)19(26)15-9-5-2-6-10-15/h1-10,16H,11-13H2,(H,21,25). The molecule has 0 radical (unpaired) electrons. The molecule has 1 saturated heterocycles. The monoisotopic (exact) mass is 362 g/mol. The van der Waals surface area contributed by atoms with E-state index >= 15 is 0 Å². The molecule has 3 aromatic rings. The summed E-state index contributed by atoms with van der Waals surface area (Å²) in [7, 11) is 0. The highest BCUT2D eigenvalue weighted by Gasteiger charge is 2.29. The molecule has 2 heterocycles. The molecule has 7 nitrogen and oxygen atoms in total. The first kappa shape index (κ1) is 17.0. The van der Waals surface area contributed by atoms with Crippen molar-refractivity contribution >= 4 is 11.8 Å². The van der Waals surface area contributed by atoms with Crippen LogP contribution in [-0.4, -0.2) is 33.1 Å². The molecule has 2 aromatic carbocycles. The molecular weight excluding hydrogens is 344 g/mol. The summed E-state index contributed by atoms with van der Waals surface area (Å²) >= 11 is 0. The average Bonchev–Trinajstić information content (AvgIpc) is 3.33. The number of nitrogens with zero attached hydrogens (tertiary/aromatic N) is 3. The van der Waals surface area contributed by atoms with Gasteiger partial charge in [-0.2, -0.15) is 4.98 Å². The summed E-state index contributed by atoms with van der Waals surface area (Å²) in [6, 6.07) is 18.6. The Hall–Kier alpha value is -3.48. The highest BCUT2D eigenvalue weighted by Crippen LogP contribution is 2.23. The van der Waals surface area contributed by atoms with Crippen molar-refractivity contribution in [2.24, 2.45) is 0 Å². The van der Waals surface area contributed by atoms with Crippen LogP contribution in [-0.2, 0) is 11.4 Å². The summed E-state index contributed by atoms with van der Waals surface area (Å²) in [6.45, 7) is 0.726. The maximum Gasteiger partial charge on any atom is 0.323 e. The van der Waals surface area contributed by atoms with Gasteiger partial charge >= 0.3 is 6.01 Å². The number of amides is 1. The van der Waals surface area contributed by atoms with Gasteiger partial charge in [-0.1, -0.05) is 48.5 Å². The van der Waals surface area contributed by atoms with Crippen LogP contribution in [0.2, 0.25) is 0 Å². The fraction of sp³-hybridized carbons (Fsp3) is 0.200. The second-order valence-corrected chi connectivity index (χ2v) is 6.31. The van der Waals surface area contributed by atoms with E-state index in [-0.39, 0.29) is 30.3 Å². The SMILES string of the molecule is O=C1CC(c2nc(OCc3ccccc3)n(C(=O)c3ccccc3)n2)CN1. The minimum absolute atomic E-state index is 0.0440. The largest absolute Gasteiger partial charge is 0.458 e. The van der Waals surface area contributed by atoms with Crippen LogP contribution in [0, 0.1) is 0 Å². The van der Waals surface area contributed by atoms with E-state index in [0.29, 0.717) is 24.4 Å². The van der Waals surface area contributed by atoms with E-state index in [9.17, 15) is 9.59 Å². The lowest BCUT2D eigenvalue weighted by Crippen LogP contribution is -2.16. The molecule has 0 bridgehead atoms. The van der Waals surface area contributed by atoms with E-state index < -0.39 is 0 Å². The Bertz CT molecular complexity index is 954. The number of nitrogens with one attached hydrogen (secondary N) is 1. The Morgan fingerprint density at radius 3 is 2.48 bits per heavy atom. The van der Waals surface area contributed by atoms with Crippen molar-refractivity contribution in [1.82, 2.24) is 20.1 Å². The molecule has 0 saturated carbocycles. The van der Waals surface area contributed by atoms with E-state index in [1.165, 1.54) is 4.68 Å². The van der Waals surface area contributed by atoms with E-state index in [4.69, 9.17) is 4.74 Å². The van der Waals surface area contributed by atoms with Crippen LogP contribution in [0.25, 0.3) is 0 Å². The van der Waals surface area contributed by atoms with Gasteiger partial charge in [0.2, 0.25) is 5.91 Å². The molecule has 0 aliphatic carbocycles. The normalized spacial score (nSPS) is 16.1. The molecule has 1 amide bonds. The smallest absolute Gasteiger partial charge is 0.323 e. The predicted molar refractivity (Wildman–Crippen MR) is 97.3 cm³/mol. The van der Waals surface area contributed by atoms with Crippen LogP contribution >= 0.6 is 0 Å². The summed E-state index contributed by atoms with van der Waals surface area (Å²) in [6.07, 6.45) is 0.307. The summed E-state index contributed by atoms with van der Waals surface area (Å²) in [4.78, 5) is 28.8. The van der Waals surface area contributed by atoms with Crippen molar-refractivity contribution in [3.8, 4) is 6.01 Å². The zero-order valence-corrected chi connectivity index (χ0v) is 14.5. The highest BCUT2D eigenvalue weighted by molar-refractivity contribution is 5.95. The summed E-state index contributed by atoms with van der Waals surface area (Å²) in [5, 5.41) is 7.12. The van der Waals surface area contributed by atoms with Crippen LogP contribution in [0.5, 0.6) is 6.01 Å². The Morgan fingerprint density at radius 2 is 1.81 bits per heavy atom. The molecular formula is C20H18N4O3. The van der Waals surface area contributed by atoms with Gasteiger partial charge in [0.1, 0.15) is 6.61 Å². The zero-order chi connectivity index (χ0) is 18.6. The number of hydrogen-bond donors (Lipinski definition) is 1. The second-order valence-electron chi connectivity index (χ2n) is 6.31. The quantitative estimate of drug-likeness (QED) is 0.752. The number of benzene rings is 2. The molecule has 4 rings (SSSR count). The minimum atomic E-state index is -0.324. The van der Waals surface area contributed by atoms with Gasteiger partial charge in [0, 0.05) is 24.4 Å². The number of ether oxygens (including phenoxy) is 1. The third-order valence-electron chi connectivity index (χ3n) is 4.36. The van der Waals surface area contributed by atoms with Gasteiger partial charge in [0.05, 0.1) is 0 Å². The van der Waals surface area contributed by atoms with Crippen molar-refractivity contribution in [1.29, 1.82) is 0 Å². The van der Waals surface area contributed by atoms with Crippen LogP contribution in [0.3, 0.4) is 0 Å². The Morgan fingerprint density at radius 1 is 1.11 bits per heavy atom. The van der Waals surface area contributed by atoms with E-state index in [1.54, 1.807) is 24.3 Å². The summed E-state index contributed by atoms with van der Waals surface area (Å²) in [5.41, 5.74) is 1.44. The van der Waals surface area contributed by atoms with Gasteiger partial charge in [-0.25, -0.2) is 0 Å². The lowest BCUT2D eigenvalue weighted by molar-refractivity contribution is -0.119. The van der Waals surface area contributed by atoms with Gasteiger partial charge in [0.25, 0.3) is 5.91 Å². The first-order chi connectivity index (χ1) is 13.2. The van der Waals surface area contributed by atoms with Gasteiger partial charge in [-0.15, -0.1) is 9.78 Å². The van der Waals surface area contributed by atoms with E-state index in [2.05, 4.69) is 15.4 Å². The topological polar surface area (TPSA) is 86.1 Å². The van der Waals surface area contributed by atoms with Gasteiger partial charge in [0.15, 0.2) is 5.82 Å². The minimum Gasteiger partial charge on any atom is -0.458 e. The lowest BCUT2D eigenvalue weighted by atomic mass is 10.1. The second kappa shape index (κ2) is 7.41. The first-order valence-corrected chi connectivity index (χ1v) is 8.71. The maximum atomic E-state index is 12.9. The molecule has 1 aliphatic heterocycles. The predicted octanol–water partition coefficient (Wildman–Crippen LogP) is 2.15. The van der Waals surface area contributed by atoms with Gasteiger partial charge in [-0.3, -0.25) is 9.59 Å². The molecule has 0 spiro atoms. The number of carbonyl (C=O) groups is 2. The van der Waals surface area contributed by atoms with Crippen molar-refractivity contribution in [2.45, 2.75) is 18.9 Å².